The third-order valence-electron chi connectivity index (χ3n) is 4.18. The lowest BCUT2D eigenvalue weighted by Crippen LogP contribution is -2.51. The zero-order valence-corrected chi connectivity index (χ0v) is 7.93. The molecule has 0 aromatic rings. The molecule has 4 saturated carbocycles. The standard InChI is InChI=1S/C10H12N4/c11-13-9-5-1-6-3-8(9)4-7(2-5)10(6)14-12/h5-8H,1-4H2. The molecule has 0 aliphatic heterocycles. The highest BCUT2D eigenvalue weighted by atomic mass is 14.9. The van der Waals surface area contributed by atoms with Gasteiger partial charge in [-0.25, -0.2) is 0 Å². The first-order valence-electron chi connectivity index (χ1n) is 5.27. The van der Waals surface area contributed by atoms with E-state index in [4.69, 9.17) is 11.1 Å². The van der Waals surface area contributed by atoms with Crippen LogP contribution in [0.1, 0.15) is 25.7 Å². The smallest absolute Gasteiger partial charge is 0.275 e. The van der Waals surface area contributed by atoms with Crippen LogP contribution in [0.4, 0.5) is 0 Å². The first-order chi connectivity index (χ1) is 6.83. The molecule has 0 atom stereocenters. The largest absolute Gasteiger partial charge is 0.362 e. The summed E-state index contributed by atoms with van der Waals surface area (Å²) >= 11 is 0. The fourth-order valence-corrected chi connectivity index (χ4v) is 3.72. The summed E-state index contributed by atoms with van der Waals surface area (Å²) in [7, 11) is 0. The van der Waals surface area contributed by atoms with Gasteiger partial charge in [0.2, 0.25) is 0 Å². The molecule has 0 aromatic heterocycles. The van der Waals surface area contributed by atoms with Gasteiger partial charge in [0.05, 0.1) is 23.7 Å². The van der Waals surface area contributed by atoms with Gasteiger partial charge in [-0.05, 0) is 25.7 Å². The second kappa shape index (κ2) is 2.63. The molecule has 4 nitrogen and oxygen atoms in total. The van der Waals surface area contributed by atoms with Crippen LogP contribution in [0.25, 0.3) is 11.1 Å². The lowest BCUT2D eigenvalue weighted by molar-refractivity contribution is -0.0568. The Morgan fingerprint density at radius 1 is 0.714 bits per heavy atom. The summed E-state index contributed by atoms with van der Waals surface area (Å²) < 4.78 is 0. The normalized spacial score (nSPS) is 43.7. The van der Waals surface area contributed by atoms with Crippen molar-refractivity contribution in [1.82, 2.24) is 0 Å². The van der Waals surface area contributed by atoms with Gasteiger partial charge in [0, 0.05) is 0 Å². The van der Waals surface area contributed by atoms with Gasteiger partial charge in [-0.15, -0.1) is 0 Å². The van der Waals surface area contributed by atoms with Crippen molar-refractivity contribution in [3.8, 4) is 0 Å². The Balaban J connectivity index is 2.05. The molecule has 0 radical (unpaired) electrons. The molecule has 0 aromatic carbocycles. The molecular formula is C10H12N4. The van der Waals surface area contributed by atoms with E-state index in [1.54, 1.807) is 0 Å². The molecule has 0 heterocycles. The Labute approximate surface area is 82.2 Å². The highest BCUT2D eigenvalue weighted by Gasteiger charge is 2.57. The minimum atomic E-state index is 0.452. The van der Waals surface area contributed by atoms with Gasteiger partial charge in [-0.3, -0.25) is 0 Å². The number of hydrogen-bond donors (Lipinski definition) is 0. The van der Waals surface area contributed by atoms with Crippen molar-refractivity contribution >= 4 is 11.4 Å². The van der Waals surface area contributed by atoms with Gasteiger partial charge in [0.1, 0.15) is 0 Å². The third-order valence-corrected chi connectivity index (χ3v) is 4.18. The summed E-state index contributed by atoms with van der Waals surface area (Å²) in [5, 5.41) is 0. The molecular weight excluding hydrogens is 176 g/mol. The van der Waals surface area contributed by atoms with Crippen molar-refractivity contribution in [1.29, 1.82) is 0 Å². The maximum atomic E-state index is 8.93. The zero-order chi connectivity index (χ0) is 9.71. The summed E-state index contributed by atoms with van der Waals surface area (Å²) in [6.07, 6.45) is 4.08. The van der Waals surface area contributed by atoms with Gasteiger partial charge < -0.3 is 11.1 Å². The highest BCUT2D eigenvalue weighted by Crippen LogP contribution is 2.49. The van der Waals surface area contributed by atoms with Crippen molar-refractivity contribution in [2.75, 3.05) is 0 Å². The molecule has 0 saturated heterocycles. The van der Waals surface area contributed by atoms with Gasteiger partial charge >= 0.3 is 0 Å². The van der Waals surface area contributed by atoms with Crippen LogP contribution in [-0.2, 0) is 0 Å². The van der Waals surface area contributed by atoms with E-state index in [0.29, 0.717) is 23.7 Å². The fourth-order valence-electron chi connectivity index (χ4n) is 3.72. The van der Waals surface area contributed by atoms with E-state index in [2.05, 4.69) is 9.58 Å². The maximum Gasteiger partial charge on any atom is 0.275 e. The van der Waals surface area contributed by atoms with E-state index in [9.17, 15) is 0 Å². The first-order valence-corrected chi connectivity index (χ1v) is 5.27. The van der Waals surface area contributed by atoms with Crippen molar-refractivity contribution in [3.05, 3.63) is 11.1 Å². The van der Waals surface area contributed by atoms with E-state index in [0.717, 1.165) is 37.1 Å². The average molecular weight is 188 g/mol. The summed E-state index contributed by atoms with van der Waals surface area (Å²) in [6, 6.07) is 0. The third kappa shape index (κ3) is 0.848. The van der Waals surface area contributed by atoms with Gasteiger partial charge in [-0.1, -0.05) is 0 Å². The SMILES string of the molecule is [N-]=[N+]=C1C2CC3CC1CC(C2)C3=[N+]=[N-]. The number of rotatable bonds is 0. The molecule has 0 unspecified atom stereocenters. The van der Waals surface area contributed by atoms with Crippen LogP contribution in [0, 0.1) is 23.7 Å². The molecule has 72 valence electrons. The van der Waals surface area contributed by atoms with Gasteiger partial charge in [0.15, 0.2) is 0 Å². The number of nitrogens with zero attached hydrogens (tertiary/aromatic N) is 4. The molecule has 4 aliphatic carbocycles. The van der Waals surface area contributed by atoms with Crippen LogP contribution in [0.15, 0.2) is 0 Å². The molecule has 4 rings (SSSR count). The topological polar surface area (TPSA) is 72.8 Å². The van der Waals surface area contributed by atoms with E-state index < -0.39 is 0 Å². The highest BCUT2D eigenvalue weighted by molar-refractivity contribution is 5.95. The second-order valence-electron chi connectivity index (χ2n) is 4.78. The van der Waals surface area contributed by atoms with Crippen LogP contribution in [0.5, 0.6) is 0 Å². The van der Waals surface area contributed by atoms with E-state index in [1.165, 1.54) is 0 Å². The quantitative estimate of drug-likeness (QED) is 0.407. The van der Waals surface area contributed by atoms with Crippen LogP contribution in [-0.4, -0.2) is 21.0 Å². The first kappa shape index (κ1) is 8.10. The van der Waals surface area contributed by atoms with Crippen molar-refractivity contribution in [2.45, 2.75) is 25.7 Å². The summed E-state index contributed by atoms with van der Waals surface area (Å²) in [5.41, 5.74) is 19.9. The minimum absolute atomic E-state index is 0.452. The van der Waals surface area contributed by atoms with Crippen molar-refractivity contribution in [3.63, 3.8) is 0 Å². The van der Waals surface area contributed by atoms with Crippen LogP contribution < -0.4 is 0 Å². The minimum Gasteiger partial charge on any atom is -0.362 e. The van der Waals surface area contributed by atoms with E-state index >= 15 is 0 Å². The molecule has 4 heteroatoms. The molecule has 0 spiro atoms. The zero-order valence-electron chi connectivity index (χ0n) is 7.93. The van der Waals surface area contributed by atoms with Crippen molar-refractivity contribution in [2.24, 2.45) is 23.7 Å². The second-order valence-corrected chi connectivity index (χ2v) is 4.78. The molecule has 0 N–H and O–H groups in total. The average Bonchev–Trinajstić information content (AvgIpc) is 2.17. The Bertz CT molecular complexity index is 317. The lowest BCUT2D eigenvalue weighted by atomic mass is 9.54. The van der Waals surface area contributed by atoms with Gasteiger partial charge in [0.25, 0.3) is 11.4 Å². The van der Waals surface area contributed by atoms with Crippen molar-refractivity contribution < 1.29 is 9.58 Å². The molecule has 4 aliphatic rings. The van der Waals surface area contributed by atoms with E-state index in [1.807, 2.05) is 0 Å². The lowest BCUT2D eigenvalue weighted by Gasteiger charge is -2.42. The summed E-state index contributed by atoms with van der Waals surface area (Å²) in [4.78, 5) is 6.90. The van der Waals surface area contributed by atoms with Crippen LogP contribution in [0.2, 0.25) is 0 Å². The monoisotopic (exact) mass is 188 g/mol. The Kier molecular flexibility index (Phi) is 1.52. The van der Waals surface area contributed by atoms with Crippen LogP contribution in [0.3, 0.4) is 0 Å². The Morgan fingerprint density at radius 2 is 1.00 bits per heavy atom. The maximum absolute atomic E-state index is 8.93. The van der Waals surface area contributed by atoms with Gasteiger partial charge in [-0.2, -0.15) is 9.58 Å². The van der Waals surface area contributed by atoms with E-state index in [-0.39, 0.29) is 0 Å². The molecule has 4 bridgehead atoms. The predicted molar refractivity (Wildman–Crippen MR) is 49.7 cm³/mol. The summed E-state index contributed by atoms with van der Waals surface area (Å²) in [5.74, 6) is 1.81. The molecule has 4 fully saturated rings. The van der Waals surface area contributed by atoms with Crippen LogP contribution >= 0.6 is 0 Å². The Morgan fingerprint density at radius 3 is 1.21 bits per heavy atom. The molecule has 0 amide bonds. The predicted octanol–water partition coefficient (Wildman–Crippen LogP) is 1.39. The summed E-state index contributed by atoms with van der Waals surface area (Å²) in [6.45, 7) is 0. The molecule has 14 heavy (non-hydrogen) atoms. The Hall–Kier alpha value is -1.24. The fraction of sp³-hybridized carbons (Fsp3) is 0.800. The number of hydrogen-bond acceptors (Lipinski definition) is 0.